The molecule has 1 atom stereocenters. The van der Waals surface area contributed by atoms with Crippen molar-refractivity contribution in [3.8, 4) is 11.8 Å². The zero-order chi connectivity index (χ0) is 15.3. The third kappa shape index (κ3) is 4.46. The summed E-state index contributed by atoms with van der Waals surface area (Å²) in [6, 6.07) is 6.79. The van der Waals surface area contributed by atoms with E-state index in [1.54, 1.807) is 24.3 Å². The molecule has 6 heteroatoms. The molecule has 1 unspecified atom stereocenters. The van der Waals surface area contributed by atoms with Crippen LogP contribution >= 0.6 is 0 Å². The van der Waals surface area contributed by atoms with Crippen LogP contribution in [0.5, 0.6) is 0 Å². The lowest BCUT2D eigenvalue weighted by Crippen LogP contribution is -2.42. The van der Waals surface area contributed by atoms with Crippen LogP contribution in [0.1, 0.15) is 25.3 Å². The second kappa shape index (κ2) is 6.94. The van der Waals surface area contributed by atoms with Crippen molar-refractivity contribution in [3.63, 3.8) is 0 Å². The minimum absolute atomic E-state index is 0.193. The molecule has 0 spiro atoms. The van der Waals surface area contributed by atoms with Crippen LogP contribution in [0.2, 0.25) is 0 Å². The SMILES string of the molecule is CC1CCCN(S(=O)(=O)Nc2ccc(C#CCO)cc2)C1. The molecule has 2 N–H and O–H groups in total. The zero-order valence-electron chi connectivity index (χ0n) is 12.0. The molecule has 1 fully saturated rings. The Morgan fingerprint density at radius 1 is 1.38 bits per heavy atom. The summed E-state index contributed by atoms with van der Waals surface area (Å²) >= 11 is 0. The average molecular weight is 308 g/mol. The van der Waals surface area contributed by atoms with Gasteiger partial charge in [-0.15, -0.1) is 0 Å². The highest BCUT2D eigenvalue weighted by Crippen LogP contribution is 2.20. The van der Waals surface area contributed by atoms with Crippen LogP contribution in [-0.4, -0.2) is 37.5 Å². The van der Waals surface area contributed by atoms with Crippen molar-refractivity contribution in [2.24, 2.45) is 5.92 Å². The Labute approximate surface area is 126 Å². The second-order valence-corrected chi connectivity index (χ2v) is 6.92. The number of piperidine rings is 1. The first-order valence-corrected chi connectivity index (χ1v) is 8.43. The lowest BCUT2D eigenvalue weighted by Gasteiger charge is -2.30. The molecule has 1 saturated heterocycles. The molecule has 2 rings (SSSR count). The normalized spacial score (nSPS) is 19.6. The number of nitrogens with zero attached hydrogens (tertiary/aromatic N) is 1. The lowest BCUT2D eigenvalue weighted by molar-refractivity contribution is 0.282. The third-order valence-electron chi connectivity index (χ3n) is 3.40. The Morgan fingerprint density at radius 3 is 2.71 bits per heavy atom. The van der Waals surface area contributed by atoms with Gasteiger partial charge < -0.3 is 5.11 Å². The smallest absolute Gasteiger partial charge is 0.301 e. The van der Waals surface area contributed by atoms with Crippen LogP contribution in [0, 0.1) is 17.8 Å². The fraction of sp³-hybridized carbons (Fsp3) is 0.467. The Balaban J connectivity index is 2.06. The molecule has 1 aliphatic rings. The first-order chi connectivity index (χ1) is 10.0. The predicted octanol–water partition coefficient (Wildman–Crippen LogP) is 1.42. The fourth-order valence-corrected chi connectivity index (χ4v) is 3.72. The highest BCUT2D eigenvalue weighted by molar-refractivity contribution is 7.90. The van der Waals surface area contributed by atoms with Crippen molar-refractivity contribution in [2.45, 2.75) is 19.8 Å². The molecular formula is C15H20N2O3S. The molecule has 0 aromatic heterocycles. The Morgan fingerprint density at radius 2 is 2.10 bits per heavy atom. The van der Waals surface area contributed by atoms with Crippen molar-refractivity contribution in [3.05, 3.63) is 29.8 Å². The molecule has 21 heavy (non-hydrogen) atoms. The van der Waals surface area contributed by atoms with Gasteiger partial charge in [0.05, 0.1) is 0 Å². The minimum Gasteiger partial charge on any atom is -0.384 e. The summed E-state index contributed by atoms with van der Waals surface area (Å²) < 4.78 is 28.7. The maximum atomic E-state index is 12.3. The van der Waals surface area contributed by atoms with Crippen LogP contribution < -0.4 is 4.72 Å². The largest absolute Gasteiger partial charge is 0.384 e. The molecule has 1 aliphatic heterocycles. The number of aliphatic hydroxyl groups is 1. The molecule has 1 heterocycles. The van der Waals surface area contributed by atoms with E-state index in [0.29, 0.717) is 24.7 Å². The van der Waals surface area contributed by atoms with Crippen molar-refractivity contribution in [2.75, 3.05) is 24.4 Å². The van der Waals surface area contributed by atoms with Gasteiger partial charge >= 0.3 is 10.2 Å². The summed E-state index contributed by atoms with van der Waals surface area (Å²) in [5.41, 5.74) is 1.25. The van der Waals surface area contributed by atoms with Crippen LogP contribution in [0.25, 0.3) is 0 Å². The average Bonchev–Trinajstić information content (AvgIpc) is 2.46. The number of benzene rings is 1. The summed E-state index contributed by atoms with van der Waals surface area (Å²) in [6.07, 6.45) is 1.97. The van der Waals surface area contributed by atoms with Gasteiger partial charge in [0.25, 0.3) is 0 Å². The molecule has 0 aliphatic carbocycles. The molecular weight excluding hydrogens is 288 g/mol. The molecule has 1 aromatic carbocycles. The van der Waals surface area contributed by atoms with Gasteiger partial charge in [-0.25, -0.2) is 0 Å². The Hall–Kier alpha value is -1.55. The van der Waals surface area contributed by atoms with E-state index < -0.39 is 10.2 Å². The number of rotatable bonds is 3. The number of aliphatic hydroxyl groups excluding tert-OH is 1. The van der Waals surface area contributed by atoms with E-state index in [9.17, 15) is 8.42 Å². The van der Waals surface area contributed by atoms with Crippen LogP contribution in [0.3, 0.4) is 0 Å². The number of nitrogens with one attached hydrogen (secondary N) is 1. The minimum atomic E-state index is -3.49. The van der Waals surface area contributed by atoms with Gasteiger partial charge in [0.15, 0.2) is 0 Å². The maximum absolute atomic E-state index is 12.3. The molecule has 0 bridgehead atoms. The summed E-state index contributed by atoms with van der Waals surface area (Å²) in [5, 5.41) is 8.63. The van der Waals surface area contributed by atoms with E-state index in [2.05, 4.69) is 23.5 Å². The van der Waals surface area contributed by atoms with Gasteiger partial charge in [-0.1, -0.05) is 18.8 Å². The Bertz CT molecular complexity index is 629. The second-order valence-electron chi connectivity index (χ2n) is 5.25. The van der Waals surface area contributed by atoms with E-state index in [1.807, 2.05) is 0 Å². The van der Waals surface area contributed by atoms with Gasteiger partial charge in [-0.2, -0.15) is 12.7 Å². The van der Waals surface area contributed by atoms with Crippen LogP contribution in [-0.2, 0) is 10.2 Å². The molecule has 0 saturated carbocycles. The van der Waals surface area contributed by atoms with E-state index >= 15 is 0 Å². The van der Waals surface area contributed by atoms with Gasteiger partial charge in [0, 0.05) is 24.3 Å². The standard InChI is InChI=1S/C15H20N2O3S/c1-13-4-2-10-17(12-13)21(19,20)16-15-8-6-14(7-9-15)5-3-11-18/h6-9,13,16,18H,2,4,10-12H2,1H3. The van der Waals surface area contributed by atoms with Gasteiger partial charge in [-0.05, 0) is 43.0 Å². The van der Waals surface area contributed by atoms with E-state index in [4.69, 9.17) is 5.11 Å². The molecule has 1 aromatic rings. The van der Waals surface area contributed by atoms with Gasteiger partial charge in [0.2, 0.25) is 0 Å². The van der Waals surface area contributed by atoms with Crippen molar-refractivity contribution in [1.29, 1.82) is 0 Å². The van der Waals surface area contributed by atoms with E-state index in [-0.39, 0.29) is 6.61 Å². The predicted molar refractivity (Wildman–Crippen MR) is 82.9 cm³/mol. The zero-order valence-corrected chi connectivity index (χ0v) is 12.9. The quantitative estimate of drug-likeness (QED) is 0.830. The summed E-state index contributed by atoms with van der Waals surface area (Å²) in [6.45, 7) is 3.01. The van der Waals surface area contributed by atoms with Crippen LogP contribution in [0.4, 0.5) is 5.69 Å². The molecule has 0 radical (unpaired) electrons. The van der Waals surface area contributed by atoms with Gasteiger partial charge in [0.1, 0.15) is 6.61 Å². The number of hydrogen-bond acceptors (Lipinski definition) is 3. The monoisotopic (exact) mass is 308 g/mol. The van der Waals surface area contributed by atoms with Crippen LogP contribution in [0.15, 0.2) is 24.3 Å². The highest BCUT2D eigenvalue weighted by Gasteiger charge is 2.26. The van der Waals surface area contributed by atoms with Crippen molar-refractivity contribution >= 4 is 15.9 Å². The summed E-state index contributed by atoms with van der Waals surface area (Å²) in [4.78, 5) is 0. The maximum Gasteiger partial charge on any atom is 0.301 e. The van der Waals surface area contributed by atoms with E-state index in [1.165, 1.54) is 4.31 Å². The fourth-order valence-electron chi connectivity index (χ4n) is 2.34. The number of hydrogen-bond donors (Lipinski definition) is 2. The molecule has 0 amide bonds. The third-order valence-corrected chi connectivity index (χ3v) is 4.91. The van der Waals surface area contributed by atoms with Gasteiger partial charge in [-0.3, -0.25) is 4.72 Å². The highest BCUT2D eigenvalue weighted by atomic mass is 32.2. The number of anilines is 1. The first kappa shape index (κ1) is 15.8. The summed E-state index contributed by atoms with van der Waals surface area (Å²) in [5.74, 6) is 5.71. The first-order valence-electron chi connectivity index (χ1n) is 6.99. The van der Waals surface area contributed by atoms with Crippen molar-refractivity contribution < 1.29 is 13.5 Å². The molecule has 114 valence electrons. The topological polar surface area (TPSA) is 69.6 Å². The Kier molecular flexibility index (Phi) is 5.23. The van der Waals surface area contributed by atoms with Crippen molar-refractivity contribution in [1.82, 2.24) is 4.31 Å². The van der Waals surface area contributed by atoms with E-state index in [0.717, 1.165) is 18.4 Å². The molecule has 5 nitrogen and oxygen atoms in total. The summed E-state index contributed by atoms with van der Waals surface area (Å²) in [7, 11) is -3.49. The lowest BCUT2D eigenvalue weighted by atomic mass is 10.0.